The Balaban J connectivity index is 1.53. The molecule has 0 radical (unpaired) electrons. The topological polar surface area (TPSA) is 19.6 Å². The summed E-state index contributed by atoms with van der Waals surface area (Å²) < 4.78 is 6.91. The molecule has 0 aliphatic carbocycles. The van der Waals surface area contributed by atoms with E-state index in [9.17, 15) is 0 Å². The van der Waals surface area contributed by atoms with Gasteiger partial charge in [0.2, 0.25) is 0 Å². The normalized spacial score (nSPS) is 11.3. The number of hydrogen-bond acceptors (Lipinski definition) is 3. The number of para-hydroxylation sites is 4. The maximum atomic E-state index is 6.91. The van der Waals surface area contributed by atoms with Gasteiger partial charge in [-0.3, -0.25) is 0 Å². The second-order valence-corrected chi connectivity index (χ2v) is 10.6. The van der Waals surface area contributed by atoms with E-state index in [1.54, 1.807) is 0 Å². The van der Waals surface area contributed by atoms with Crippen molar-refractivity contribution in [1.29, 1.82) is 0 Å². The largest absolute Gasteiger partial charge is 0.454 e. The summed E-state index contributed by atoms with van der Waals surface area (Å²) in [6, 6.07) is 59.4. The van der Waals surface area contributed by atoms with Crippen LogP contribution >= 0.6 is 0 Å². The highest BCUT2D eigenvalue weighted by atomic mass is 16.3. The first-order chi connectivity index (χ1) is 21.4. The Bertz CT molecular complexity index is 2090. The van der Waals surface area contributed by atoms with Crippen LogP contribution in [0.5, 0.6) is 0 Å². The summed E-state index contributed by atoms with van der Waals surface area (Å²) in [6.45, 7) is 0. The van der Waals surface area contributed by atoms with Gasteiger partial charge in [-0.2, -0.15) is 0 Å². The molecule has 3 nitrogen and oxygen atoms in total. The van der Waals surface area contributed by atoms with Gasteiger partial charge in [0.05, 0.1) is 5.69 Å². The van der Waals surface area contributed by atoms with Crippen molar-refractivity contribution >= 4 is 66.8 Å². The van der Waals surface area contributed by atoms with E-state index in [4.69, 9.17) is 4.42 Å². The lowest BCUT2D eigenvalue weighted by Crippen LogP contribution is -2.17. The van der Waals surface area contributed by atoms with Gasteiger partial charge in [0, 0.05) is 33.5 Å². The van der Waals surface area contributed by atoms with Crippen molar-refractivity contribution in [3.8, 4) is 0 Å². The molecule has 43 heavy (non-hydrogen) atoms. The number of rotatable bonds is 6. The average Bonchev–Trinajstić information content (AvgIpc) is 3.47. The third-order valence-corrected chi connectivity index (χ3v) is 8.00. The van der Waals surface area contributed by atoms with Crippen LogP contribution in [-0.2, 0) is 0 Å². The van der Waals surface area contributed by atoms with Crippen molar-refractivity contribution in [2.75, 3.05) is 9.80 Å². The van der Waals surface area contributed by atoms with Crippen LogP contribution in [0.15, 0.2) is 174 Å². The van der Waals surface area contributed by atoms with Crippen LogP contribution in [0.4, 0.5) is 34.1 Å². The van der Waals surface area contributed by atoms with Gasteiger partial charge in [-0.15, -0.1) is 0 Å². The van der Waals surface area contributed by atoms with Gasteiger partial charge in [0.25, 0.3) is 0 Å². The zero-order valence-corrected chi connectivity index (χ0v) is 23.5. The van der Waals surface area contributed by atoms with Crippen molar-refractivity contribution in [2.24, 2.45) is 0 Å². The van der Waals surface area contributed by atoms with Crippen molar-refractivity contribution < 1.29 is 4.42 Å². The van der Waals surface area contributed by atoms with Crippen LogP contribution < -0.4 is 9.80 Å². The molecule has 0 unspecified atom stereocenters. The Labute approximate surface area is 250 Å². The van der Waals surface area contributed by atoms with E-state index < -0.39 is 0 Å². The van der Waals surface area contributed by atoms with Crippen molar-refractivity contribution in [2.45, 2.75) is 0 Å². The van der Waals surface area contributed by atoms with E-state index >= 15 is 0 Å². The van der Waals surface area contributed by atoms with Gasteiger partial charge in [-0.25, -0.2) is 0 Å². The molecule has 8 aromatic rings. The van der Waals surface area contributed by atoms with Crippen molar-refractivity contribution in [3.05, 3.63) is 170 Å². The quantitative estimate of drug-likeness (QED) is 0.205. The number of anilines is 6. The standard InChI is InChI=1S/C40H28N2O/c1-5-16-30(17-6-1)41(31-18-7-2-8-19-31)36-27-26-35-38-34-24-14-13-15-29(34)25-28-37(38)43-40(35)39(36)42(32-20-9-3-10-21-32)33-22-11-4-12-23-33/h1-28H. The third-order valence-electron chi connectivity index (χ3n) is 8.00. The molecule has 7 aromatic carbocycles. The van der Waals surface area contributed by atoms with E-state index in [1.807, 2.05) is 0 Å². The molecule has 0 N–H and O–H groups in total. The van der Waals surface area contributed by atoms with Crippen LogP contribution in [0.2, 0.25) is 0 Å². The molecule has 0 fully saturated rings. The number of hydrogen-bond donors (Lipinski definition) is 0. The maximum absolute atomic E-state index is 6.91. The number of furan rings is 1. The fourth-order valence-electron chi connectivity index (χ4n) is 6.12. The zero-order valence-electron chi connectivity index (χ0n) is 23.5. The van der Waals surface area contributed by atoms with E-state index in [2.05, 4.69) is 180 Å². The van der Waals surface area contributed by atoms with Gasteiger partial charge >= 0.3 is 0 Å². The second kappa shape index (κ2) is 10.6. The lowest BCUT2D eigenvalue weighted by atomic mass is 10.0. The zero-order chi connectivity index (χ0) is 28.6. The maximum Gasteiger partial charge on any atom is 0.161 e. The van der Waals surface area contributed by atoms with Crippen molar-refractivity contribution in [3.63, 3.8) is 0 Å². The molecule has 8 rings (SSSR count). The third kappa shape index (κ3) is 4.30. The summed E-state index contributed by atoms with van der Waals surface area (Å²) in [7, 11) is 0. The molecule has 3 heteroatoms. The highest BCUT2D eigenvalue weighted by Gasteiger charge is 2.27. The minimum absolute atomic E-state index is 0.841. The Morgan fingerprint density at radius 3 is 1.42 bits per heavy atom. The average molecular weight is 553 g/mol. The fraction of sp³-hybridized carbons (Fsp3) is 0. The summed E-state index contributed by atoms with van der Waals surface area (Å²) in [5.41, 5.74) is 7.94. The molecule has 0 saturated carbocycles. The first-order valence-electron chi connectivity index (χ1n) is 14.5. The molecule has 0 bridgehead atoms. The highest BCUT2D eigenvalue weighted by Crippen LogP contribution is 2.51. The van der Waals surface area contributed by atoms with Gasteiger partial charge in [0.15, 0.2) is 5.58 Å². The van der Waals surface area contributed by atoms with Crippen LogP contribution in [0.3, 0.4) is 0 Å². The highest BCUT2D eigenvalue weighted by molar-refractivity contribution is 6.22. The minimum Gasteiger partial charge on any atom is -0.454 e. The molecule has 0 atom stereocenters. The van der Waals surface area contributed by atoms with E-state index in [0.29, 0.717) is 0 Å². The Morgan fingerprint density at radius 1 is 0.372 bits per heavy atom. The molecule has 0 aliphatic rings. The monoisotopic (exact) mass is 552 g/mol. The molecule has 0 aliphatic heterocycles. The van der Waals surface area contributed by atoms with Crippen molar-refractivity contribution in [1.82, 2.24) is 0 Å². The first-order valence-corrected chi connectivity index (χ1v) is 14.5. The SMILES string of the molecule is c1ccc(N(c2ccccc2)c2ccc3c(oc4ccc5ccccc5c43)c2N(c2ccccc2)c2ccccc2)cc1. The number of fused-ring (bicyclic) bond motifs is 5. The van der Waals surface area contributed by atoms with Gasteiger partial charge < -0.3 is 14.2 Å². The van der Waals surface area contributed by atoms with Crippen LogP contribution in [0, 0.1) is 0 Å². The molecule has 204 valence electrons. The molecule has 0 spiro atoms. The van der Waals surface area contributed by atoms with Crippen LogP contribution in [0.1, 0.15) is 0 Å². The Hall–Kier alpha value is -5.80. The predicted molar refractivity (Wildman–Crippen MR) is 181 cm³/mol. The fourth-order valence-corrected chi connectivity index (χ4v) is 6.12. The number of nitrogens with zero attached hydrogens (tertiary/aromatic N) is 2. The molecule has 1 heterocycles. The van der Waals surface area contributed by atoms with Gasteiger partial charge in [-0.05, 0) is 77.5 Å². The molecular formula is C40H28N2O. The van der Waals surface area contributed by atoms with Crippen LogP contribution in [0.25, 0.3) is 32.7 Å². The van der Waals surface area contributed by atoms with Crippen LogP contribution in [-0.4, -0.2) is 0 Å². The smallest absolute Gasteiger partial charge is 0.161 e. The van der Waals surface area contributed by atoms with Gasteiger partial charge in [0.1, 0.15) is 11.3 Å². The molecule has 0 saturated heterocycles. The second-order valence-electron chi connectivity index (χ2n) is 10.6. The van der Waals surface area contributed by atoms with E-state index in [0.717, 1.165) is 56.1 Å². The lowest BCUT2D eigenvalue weighted by molar-refractivity contribution is 0.669. The van der Waals surface area contributed by atoms with E-state index in [-0.39, 0.29) is 0 Å². The summed E-state index contributed by atoms with van der Waals surface area (Å²) in [5, 5.41) is 4.60. The van der Waals surface area contributed by atoms with Gasteiger partial charge in [-0.1, -0.05) is 103 Å². The Morgan fingerprint density at radius 2 is 0.860 bits per heavy atom. The predicted octanol–water partition coefficient (Wildman–Crippen LogP) is 11.7. The number of benzene rings is 7. The summed E-state index contributed by atoms with van der Waals surface area (Å²) in [5.74, 6) is 0. The molecular weight excluding hydrogens is 524 g/mol. The molecule has 0 amide bonds. The summed E-state index contributed by atoms with van der Waals surface area (Å²) in [6.07, 6.45) is 0. The Kier molecular flexibility index (Phi) is 6.12. The summed E-state index contributed by atoms with van der Waals surface area (Å²) >= 11 is 0. The summed E-state index contributed by atoms with van der Waals surface area (Å²) in [4.78, 5) is 4.64. The molecule has 1 aromatic heterocycles. The van der Waals surface area contributed by atoms with E-state index in [1.165, 1.54) is 10.8 Å². The lowest BCUT2D eigenvalue weighted by Gasteiger charge is -2.33. The first kappa shape index (κ1) is 25.0. The minimum atomic E-state index is 0.841.